The number of hydrogen-bond acceptors (Lipinski definition) is 3. The van der Waals surface area contributed by atoms with E-state index in [1.807, 2.05) is 54.7 Å². The summed E-state index contributed by atoms with van der Waals surface area (Å²) in [6.45, 7) is 7.21. The summed E-state index contributed by atoms with van der Waals surface area (Å²) in [7, 11) is 0. The number of benzene rings is 6. The van der Waals surface area contributed by atoms with Crippen LogP contribution in [-0.2, 0) is 0 Å². The van der Waals surface area contributed by atoms with Crippen molar-refractivity contribution in [2.45, 2.75) is 0 Å². The normalized spacial score (nSPS) is 11.0. The lowest BCUT2D eigenvalue weighted by Gasteiger charge is -2.08. The van der Waals surface area contributed by atoms with Crippen LogP contribution in [0.5, 0.6) is 0 Å². The quantitative estimate of drug-likeness (QED) is 0.178. The number of fused-ring (bicyclic) bond motifs is 1. The summed E-state index contributed by atoms with van der Waals surface area (Å²) in [5.41, 5.74) is 14.1. The zero-order valence-corrected chi connectivity index (χ0v) is 25.3. The van der Waals surface area contributed by atoms with Crippen molar-refractivity contribution >= 4 is 16.8 Å². The Kier molecular flexibility index (Phi) is 7.18. The van der Waals surface area contributed by atoms with Crippen LogP contribution in [0.3, 0.4) is 0 Å². The van der Waals surface area contributed by atoms with Gasteiger partial charge in [0.1, 0.15) is 5.52 Å². The third-order valence-electron chi connectivity index (χ3n) is 8.47. The molecule has 0 spiro atoms. The third kappa shape index (κ3) is 5.59. The summed E-state index contributed by atoms with van der Waals surface area (Å²) in [5, 5.41) is 0. The minimum atomic E-state index is 0.589. The van der Waals surface area contributed by atoms with E-state index in [-0.39, 0.29) is 0 Å². The van der Waals surface area contributed by atoms with E-state index in [0.717, 1.165) is 72.3 Å². The molecule has 4 nitrogen and oxygen atoms in total. The van der Waals surface area contributed by atoms with Crippen molar-refractivity contribution in [3.63, 3.8) is 0 Å². The standard InChI is InChI=1S/C43H27N3O/c1-44-39-23-21-32(22-24-39)30-11-15-34(16-12-30)38-26-40(35-6-3-2-4-7-35)42-41(27-38)47-43(46-42)36-19-17-31(18-20-36)29-9-13-33(14-10-29)37-8-5-25-45-28-37/h2-28H. The highest BCUT2D eigenvalue weighted by atomic mass is 16.3. The van der Waals surface area contributed by atoms with Gasteiger partial charge < -0.3 is 4.42 Å². The van der Waals surface area contributed by atoms with E-state index in [2.05, 4.69) is 113 Å². The molecule has 0 saturated carbocycles. The molecule has 6 aromatic carbocycles. The molecule has 8 aromatic rings. The molecular weight excluding hydrogens is 574 g/mol. The van der Waals surface area contributed by atoms with Crippen molar-refractivity contribution in [3.8, 4) is 67.1 Å². The monoisotopic (exact) mass is 601 g/mol. The van der Waals surface area contributed by atoms with Crippen LogP contribution in [-0.4, -0.2) is 9.97 Å². The number of aromatic nitrogens is 2. The van der Waals surface area contributed by atoms with E-state index in [1.54, 1.807) is 6.20 Å². The van der Waals surface area contributed by atoms with Gasteiger partial charge in [-0.2, -0.15) is 0 Å². The van der Waals surface area contributed by atoms with Gasteiger partial charge in [-0.1, -0.05) is 121 Å². The third-order valence-corrected chi connectivity index (χ3v) is 8.47. The molecule has 8 rings (SSSR count). The molecule has 0 aliphatic rings. The van der Waals surface area contributed by atoms with Gasteiger partial charge in [-0.05, 0) is 80.4 Å². The summed E-state index contributed by atoms with van der Waals surface area (Å²) in [4.78, 5) is 12.8. The lowest BCUT2D eigenvalue weighted by Crippen LogP contribution is -1.85. The van der Waals surface area contributed by atoms with E-state index in [1.165, 1.54) is 0 Å². The Morgan fingerprint density at radius 3 is 1.53 bits per heavy atom. The molecule has 0 atom stereocenters. The van der Waals surface area contributed by atoms with Gasteiger partial charge in [0.15, 0.2) is 11.3 Å². The average molecular weight is 602 g/mol. The predicted molar refractivity (Wildman–Crippen MR) is 191 cm³/mol. The fraction of sp³-hybridized carbons (Fsp3) is 0. The molecule has 0 unspecified atom stereocenters. The Morgan fingerprint density at radius 1 is 0.468 bits per heavy atom. The molecule has 0 fully saturated rings. The molecule has 2 aromatic heterocycles. The van der Waals surface area contributed by atoms with Crippen molar-refractivity contribution in [2.75, 3.05) is 0 Å². The van der Waals surface area contributed by atoms with Crippen LogP contribution in [0.25, 0.3) is 83.0 Å². The summed E-state index contributed by atoms with van der Waals surface area (Å²) in [6.07, 6.45) is 3.67. The predicted octanol–water partition coefficient (Wildman–Crippen LogP) is 11.8. The van der Waals surface area contributed by atoms with Gasteiger partial charge in [-0.15, -0.1) is 0 Å². The van der Waals surface area contributed by atoms with E-state index >= 15 is 0 Å². The van der Waals surface area contributed by atoms with E-state index < -0.39 is 0 Å². The Morgan fingerprint density at radius 2 is 0.979 bits per heavy atom. The van der Waals surface area contributed by atoms with Crippen LogP contribution < -0.4 is 0 Å². The maximum atomic E-state index is 7.21. The molecule has 2 heterocycles. The molecule has 0 saturated heterocycles. The fourth-order valence-electron chi connectivity index (χ4n) is 5.93. The maximum absolute atomic E-state index is 7.21. The first-order valence-electron chi connectivity index (χ1n) is 15.4. The lowest BCUT2D eigenvalue weighted by molar-refractivity contribution is 0.620. The second-order valence-electron chi connectivity index (χ2n) is 11.4. The van der Waals surface area contributed by atoms with E-state index in [9.17, 15) is 0 Å². The van der Waals surface area contributed by atoms with Gasteiger partial charge in [0.2, 0.25) is 5.89 Å². The molecule has 4 heteroatoms. The van der Waals surface area contributed by atoms with Crippen molar-refractivity contribution in [2.24, 2.45) is 0 Å². The first-order valence-corrected chi connectivity index (χ1v) is 15.4. The molecule has 0 aliphatic heterocycles. The highest BCUT2D eigenvalue weighted by molar-refractivity contribution is 5.96. The first kappa shape index (κ1) is 27.9. The number of hydrogen-bond donors (Lipinski definition) is 0. The van der Waals surface area contributed by atoms with Gasteiger partial charge in [-0.25, -0.2) is 9.83 Å². The lowest BCUT2D eigenvalue weighted by atomic mass is 9.96. The highest BCUT2D eigenvalue weighted by Gasteiger charge is 2.16. The summed E-state index contributed by atoms with van der Waals surface area (Å²) in [6, 6.07) is 51.7. The van der Waals surface area contributed by atoms with Crippen LogP contribution in [0.4, 0.5) is 5.69 Å². The summed E-state index contributed by atoms with van der Waals surface area (Å²) >= 11 is 0. The molecule has 0 aliphatic carbocycles. The van der Waals surface area contributed by atoms with Crippen LogP contribution >= 0.6 is 0 Å². The minimum Gasteiger partial charge on any atom is -0.436 e. The van der Waals surface area contributed by atoms with Crippen molar-refractivity contribution in [1.82, 2.24) is 9.97 Å². The van der Waals surface area contributed by atoms with Crippen LogP contribution in [0.1, 0.15) is 0 Å². The smallest absolute Gasteiger partial charge is 0.227 e. The zero-order valence-electron chi connectivity index (χ0n) is 25.3. The van der Waals surface area contributed by atoms with Crippen LogP contribution in [0.2, 0.25) is 0 Å². The minimum absolute atomic E-state index is 0.589. The Labute approximate surface area is 273 Å². The Bertz CT molecular complexity index is 2350. The zero-order chi connectivity index (χ0) is 31.6. The van der Waals surface area contributed by atoms with Gasteiger partial charge >= 0.3 is 0 Å². The number of rotatable bonds is 6. The molecule has 220 valence electrons. The Hall–Kier alpha value is -6.57. The number of nitrogens with zero attached hydrogens (tertiary/aromatic N) is 3. The molecule has 0 N–H and O–H groups in total. The van der Waals surface area contributed by atoms with Crippen LogP contribution in [0.15, 0.2) is 168 Å². The second kappa shape index (κ2) is 12.1. The largest absolute Gasteiger partial charge is 0.436 e. The van der Waals surface area contributed by atoms with E-state index in [4.69, 9.17) is 16.0 Å². The number of pyridine rings is 1. The first-order chi connectivity index (χ1) is 23.2. The van der Waals surface area contributed by atoms with Gasteiger partial charge in [0.05, 0.1) is 6.57 Å². The van der Waals surface area contributed by atoms with Crippen molar-refractivity contribution < 1.29 is 4.42 Å². The highest BCUT2D eigenvalue weighted by Crippen LogP contribution is 2.37. The summed E-state index contributed by atoms with van der Waals surface area (Å²) < 4.78 is 6.46. The van der Waals surface area contributed by atoms with E-state index in [0.29, 0.717) is 11.6 Å². The molecule has 47 heavy (non-hydrogen) atoms. The van der Waals surface area contributed by atoms with Crippen molar-refractivity contribution in [3.05, 3.63) is 175 Å². The van der Waals surface area contributed by atoms with Gasteiger partial charge in [0.25, 0.3) is 0 Å². The summed E-state index contributed by atoms with van der Waals surface area (Å²) in [5.74, 6) is 0.589. The molecular formula is C43H27N3O. The maximum Gasteiger partial charge on any atom is 0.227 e. The van der Waals surface area contributed by atoms with Crippen molar-refractivity contribution in [1.29, 1.82) is 0 Å². The molecule has 0 amide bonds. The Balaban J connectivity index is 1.13. The van der Waals surface area contributed by atoms with Gasteiger partial charge in [-0.3, -0.25) is 4.98 Å². The fourth-order valence-corrected chi connectivity index (χ4v) is 5.93. The number of oxazole rings is 1. The second-order valence-corrected chi connectivity index (χ2v) is 11.4. The topological polar surface area (TPSA) is 43.3 Å². The van der Waals surface area contributed by atoms with Crippen LogP contribution in [0, 0.1) is 6.57 Å². The molecule has 0 bridgehead atoms. The average Bonchev–Trinajstić information content (AvgIpc) is 3.60. The SMILES string of the molecule is [C-]#[N+]c1ccc(-c2ccc(-c3cc(-c4ccccc4)c4nc(-c5ccc(-c6ccc(-c7cccnc7)cc6)cc5)oc4c3)cc2)cc1. The van der Waals surface area contributed by atoms with Gasteiger partial charge in [0, 0.05) is 23.5 Å². The molecule has 0 radical (unpaired) electrons.